The molecule has 4 rings (SSSR count). The second-order valence-electron chi connectivity index (χ2n) is 9.30. The third-order valence-corrected chi connectivity index (χ3v) is 6.83. The lowest BCUT2D eigenvalue weighted by Crippen LogP contribution is -2.31. The second kappa shape index (κ2) is 10.4. The maximum Gasteiger partial charge on any atom is 0.335 e. The van der Waals surface area contributed by atoms with E-state index in [-0.39, 0.29) is 11.5 Å². The van der Waals surface area contributed by atoms with Crippen LogP contribution in [0, 0.1) is 5.92 Å². The van der Waals surface area contributed by atoms with Crippen LogP contribution in [-0.4, -0.2) is 52.6 Å². The van der Waals surface area contributed by atoms with E-state index in [1.807, 2.05) is 47.8 Å². The summed E-state index contributed by atoms with van der Waals surface area (Å²) in [7, 11) is 3.48. The number of methoxy groups -OCH3 is 1. The van der Waals surface area contributed by atoms with E-state index in [1.54, 1.807) is 12.1 Å². The maximum absolute atomic E-state index is 13.1. The highest BCUT2D eigenvalue weighted by molar-refractivity contribution is 5.89. The van der Waals surface area contributed by atoms with E-state index in [0.717, 1.165) is 34.0 Å². The summed E-state index contributed by atoms with van der Waals surface area (Å²) >= 11 is 0. The van der Waals surface area contributed by atoms with Crippen molar-refractivity contribution in [1.29, 1.82) is 0 Å². The van der Waals surface area contributed by atoms with Crippen LogP contribution in [-0.2, 0) is 27.8 Å². The molecule has 36 heavy (non-hydrogen) atoms. The van der Waals surface area contributed by atoms with Gasteiger partial charge in [0.1, 0.15) is 11.9 Å². The molecule has 0 saturated carbocycles. The highest BCUT2D eigenvalue weighted by Gasteiger charge is 2.39. The molecule has 1 aromatic heterocycles. The van der Waals surface area contributed by atoms with Gasteiger partial charge in [-0.2, -0.15) is 0 Å². The SMILES string of the molecule is CCCN1CCC(C(OC(C)=O)c2ccc3c(c2)c(Cc2ccc(C(=O)O)cc2OC)cn3C)C1=O. The topological polar surface area (TPSA) is 98.1 Å². The highest BCUT2D eigenvalue weighted by Crippen LogP contribution is 2.37. The average molecular weight is 493 g/mol. The van der Waals surface area contributed by atoms with E-state index < -0.39 is 24.0 Å². The standard InChI is InChI=1S/C28H32N2O6/c1-5-11-30-12-10-22(27(30)32)26(36-17(2)31)19-8-9-24-23(14-19)21(16-29(24)3)13-18-6-7-20(28(33)34)15-25(18)35-4/h6-9,14-16,22,26H,5,10-13H2,1-4H3,(H,33,34). The Morgan fingerprint density at radius 1 is 1.17 bits per heavy atom. The number of rotatable bonds is 9. The van der Waals surface area contributed by atoms with E-state index >= 15 is 0 Å². The van der Waals surface area contributed by atoms with Gasteiger partial charge in [0, 0.05) is 50.6 Å². The molecule has 1 aliphatic rings. The van der Waals surface area contributed by atoms with Gasteiger partial charge in [0.15, 0.2) is 0 Å². The lowest BCUT2D eigenvalue weighted by molar-refractivity contribution is -0.152. The van der Waals surface area contributed by atoms with Gasteiger partial charge in [0.2, 0.25) is 5.91 Å². The van der Waals surface area contributed by atoms with Crippen molar-refractivity contribution >= 4 is 28.7 Å². The molecule has 2 atom stereocenters. The fraction of sp³-hybridized carbons (Fsp3) is 0.393. The van der Waals surface area contributed by atoms with Crippen molar-refractivity contribution in [3.8, 4) is 5.75 Å². The van der Waals surface area contributed by atoms with E-state index in [0.29, 0.717) is 31.7 Å². The van der Waals surface area contributed by atoms with Gasteiger partial charge in [0.05, 0.1) is 18.6 Å². The van der Waals surface area contributed by atoms with Gasteiger partial charge in [-0.05, 0) is 53.8 Å². The second-order valence-corrected chi connectivity index (χ2v) is 9.30. The summed E-state index contributed by atoms with van der Waals surface area (Å²) in [5.41, 5.74) is 3.83. The predicted molar refractivity (Wildman–Crippen MR) is 135 cm³/mol. The van der Waals surface area contributed by atoms with Crippen LogP contribution >= 0.6 is 0 Å². The minimum atomic E-state index is -1.01. The zero-order valence-electron chi connectivity index (χ0n) is 21.1. The summed E-state index contributed by atoms with van der Waals surface area (Å²) in [4.78, 5) is 38.3. The van der Waals surface area contributed by atoms with Crippen LogP contribution in [0.15, 0.2) is 42.6 Å². The first kappa shape index (κ1) is 25.3. The number of hydrogen-bond acceptors (Lipinski definition) is 5. The van der Waals surface area contributed by atoms with Crippen LogP contribution in [0.5, 0.6) is 5.75 Å². The number of fused-ring (bicyclic) bond motifs is 1. The summed E-state index contributed by atoms with van der Waals surface area (Å²) < 4.78 is 13.2. The van der Waals surface area contributed by atoms with Gasteiger partial charge >= 0.3 is 11.9 Å². The van der Waals surface area contributed by atoms with Gasteiger partial charge in [0.25, 0.3) is 0 Å². The summed E-state index contributed by atoms with van der Waals surface area (Å²) in [6.07, 6.45) is 3.42. The minimum Gasteiger partial charge on any atom is -0.496 e. The van der Waals surface area contributed by atoms with Gasteiger partial charge in [-0.15, -0.1) is 0 Å². The summed E-state index contributed by atoms with van der Waals surface area (Å²) in [6, 6.07) is 10.8. The van der Waals surface area contributed by atoms with Gasteiger partial charge in [-0.1, -0.05) is 19.1 Å². The number of ether oxygens (including phenoxy) is 2. The van der Waals surface area contributed by atoms with Crippen molar-refractivity contribution in [3.05, 3.63) is 64.8 Å². The Morgan fingerprint density at radius 2 is 1.94 bits per heavy atom. The van der Waals surface area contributed by atoms with E-state index in [1.165, 1.54) is 20.1 Å². The number of esters is 1. The molecule has 190 valence electrons. The van der Waals surface area contributed by atoms with Crippen molar-refractivity contribution in [2.24, 2.45) is 13.0 Å². The molecule has 1 N–H and O–H groups in total. The van der Waals surface area contributed by atoms with Crippen molar-refractivity contribution in [3.63, 3.8) is 0 Å². The zero-order valence-corrected chi connectivity index (χ0v) is 21.1. The Morgan fingerprint density at radius 3 is 2.61 bits per heavy atom. The van der Waals surface area contributed by atoms with Crippen LogP contribution in [0.2, 0.25) is 0 Å². The average Bonchev–Trinajstić information content (AvgIpc) is 3.36. The number of hydrogen-bond donors (Lipinski definition) is 1. The summed E-state index contributed by atoms with van der Waals surface area (Å²) in [5, 5.41) is 10.3. The summed E-state index contributed by atoms with van der Waals surface area (Å²) in [5.74, 6) is -1.30. The Hall–Kier alpha value is -3.81. The molecule has 8 heteroatoms. The number of carboxylic acids is 1. The molecule has 2 unspecified atom stereocenters. The number of aromatic carboxylic acids is 1. The molecule has 1 saturated heterocycles. The summed E-state index contributed by atoms with van der Waals surface area (Å²) in [6.45, 7) is 4.78. The first-order valence-corrected chi connectivity index (χ1v) is 12.2. The number of amides is 1. The number of carbonyl (C=O) groups excluding carboxylic acids is 2. The number of benzene rings is 2. The van der Waals surface area contributed by atoms with Gasteiger partial charge < -0.3 is 24.0 Å². The van der Waals surface area contributed by atoms with E-state index in [2.05, 4.69) is 0 Å². The lowest BCUT2D eigenvalue weighted by Gasteiger charge is -2.23. The quantitative estimate of drug-likeness (QED) is 0.446. The van der Waals surface area contributed by atoms with E-state index in [4.69, 9.17) is 9.47 Å². The Labute approximate surface area is 210 Å². The first-order valence-electron chi connectivity index (χ1n) is 12.2. The first-order chi connectivity index (χ1) is 17.2. The number of aromatic nitrogens is 1. The van der Waals surface area contributed by atoms with Crippen molar-refractivity contribution in [1.82, 2.24) is 9.47 Å². The monoisotopic (exact) mass is 492 g/mol. The Kier molecular flexibility index (Phi) is 7.33. The molecule has 8 nitrogen and oxygen atoms in total. The number of nitrogens with zero attached hydrogens (tertiary/aromatic N) is 2. The van der Waals surface area contributed by atoms with Crippen molar-refractivity contribution in [2.75, 3.05) is 20.2 Å². The van der Waals surface area contributed by atoms with Crippen LogP contribution < -0.4 is 4.74 Å². The number of carboxylic acid groups (broad SMARTS) is 1. The molecule has 1 fully saturated rings. The molecule has 0 radical (unpaired) electrons. The normalized spacial score (nSPS) is 16.4. The fourth-order valence-corrected chi connectivity index (χ4v) is 5.14. The number of likely N-dealkylation sites (tertiary alicyclic amines) is 1. The molecule has 0 aliphatic carbocycles. The smallest absolute Gasteiger partial charge is 0.335 e. The zero-order chi connectivity index (χ0) is 26.0. The molecule has 0 bridgehead atoms. The molecular formula is C28H32N2O6. The lowest BCUT2D eigenvalue weighted by atomic mass is 9.92. The predicted octanol–water partition coefficient (Wildman–Crippen LogP) is 4.34. The molecular weight excluding hydrogens is 460 g/mol. The third kappa shape index (κ3) is 4.94. The number of aryl methyl sites for hydroxylation is 1. The molecule has 1 aliphatic heterocycles. The molecule has 0 spiro atoms. The molecule has 2 aromatic carbocycles. The fourth-order valence-electron chi connectivity index (χ4n) is 5.14. The van der Waals surface area contributed by atoms with Gasteiger partial charge in [-0.25, -0.2) is 4.79 Å². The van der Waals surface area contributed by atoms with Crippen LogP contribution in [0.3, 0.4) is 0 Å². The Balaban J connectivity index is 1.72. The largest absolute Gasteiger partial charge is 0.496 e. The van der Waals surface area contributed by atoms with Crippen LogP contribution in [0.25, 0.3) is 10.9 Å². The van der Waals surface area contributed by atoms with E-state index in [9.17, 15) is 19.5 Å². The molecule has 2 heterocycles. The molecule has 1 amide bonds. The minimum absolute atomic E-state index is 0.0275. The van der Waals surface area contributed by atoms with Crippen molar-refractivity contribution in [2.45, 2.75) is 39.2 Å². The molecule has 3 aromatic rings. The maximum atomic E-state index is 13.1. The van der Waals surface area contributed by atoms with Crippen LogP contribution in [0.4, 0.5) is 0 Å². The van der Waals surface area contributed by atoms with Gasteiger partial charge in [-0.3, -0.25) is 9.59 Å². The van der Waals surface area contributed by atoms with Crippen molar-refractivity contribution < 1.29 is 29.0 Å². The van der Waals surface area contributed by atoms with Crippen LogP contribution in [0.1, 0.15) is 59.8 Å². The third-order valence-electron chi connectivity index (χ3n) is 6.83. The Bertz CT molecular complexity index is 1310. The highest BCUT2D eigenvalue weighted by atomic mass is 16.5. The number of carbonyl (C=O) groups is 3.